The van der Waals surface area contributed by atoms with Gasteiger partial charge in [0, 0.05) is 12.8 Å². The van der Waals surface area contributed by atoms with E-state index in [2.05, 4.69) is 9.78 Å². The first-order valence-electron chi connectivity index (χ1n) is 4.47. The zero-order valence-electron chi connectivity index (χ0n) is 8.94. The first-order valence-corrected chi connectivity index (χ1v) is 4.47. The van der Waals surface area contributed by atoms with Gasteiger partial charge in [0.2, 0.25) is 11.6 Å². The minimum absolute atomic E-state index is 0. The van der Waals surface area contributed by atoms with Gasteiger partial charge in [-0.1, -0.05) is 13.8 Å². The minimum atomic E-state index is -1.27. The Bertz CT molecular complexity index is 139. The van der Waals surface area contributed by atoms with Gasteiger partial charge in [0.05, 0.1) is 0 Å². The Kier molecular flexibility index (Phi) is 9.60. The molecule has 0 aromatic carbocycles. The van der Waals surface area contributed by atoms with Crippen molar-refractivity contribution in [3.63, 3.8) is 0 Å². The number of hydrogen-bond donors (Lipinski definition) is 2. The van der Waals surface area contributed by atoms with E-state index in [1.54, 1.807) is 13.8 Å². The second kappa shape index (κ2) is 7.94. The van der Waals surface area contributed by atoms with Crippen LogP contribution in [0.4, 0.5) is 0 Å². The molecule has 2 unspecified atom stereocenters. The predicted molar refractivity (Wildman–Crippen MR) is 54.1 cm³/mol. The van der Waals surface area contributed by atoms with E-state index in [1.807, 2.05) is 0 Å². The van der Waals surface area contributed by atoms with Gasteiger partial charge in [0.25, 0.3) is 0 Å². The topological polar surface area (TPSA) is 77.4 Å². The Morgan fingerprint density at radius 2 is 1.13 bits per heavy atom. The van der Waals surface area contributed by atoms with Crippen LogP contribution >= 0.6 is 0 Å². The van der Waals surface area contributed by atoms with Gasteiger partial charge in [-0.3, -0.25) is 0 Å². The molecular weight excluding hydrogens is 215 g/mol. The quantitative estimate of drug-likeness (QED) is 0.301. The summed E-state index contributed by atoms with van der Waals surface area (Å²) in [5.41, 5.74) is 0. The van der Waals surface area contributed by atoms with E-state index in [1.165, 1.54) is 13.8 Å². The Morgan fingerprint density at radius 3 is 1.27 bits per heavy atom. The maximum absolute atomic E-state index is 8.52. The van der Waals surface area contributed by atoms with Crippen LogP contribution in [0, 0.1) is 0 Å². The molecule has 0 heterocycles. The average Bonchev–Trinajstić information content (AvgIpc) is 2.25. The molecule has 0 aromatic heterocycles. The first-order chi connectivity index (χ1) is 6.45. The Balaban J connectivity index is 0. The molecule has 0 aliphatic heterocycles. The molecule has 0 rings (SSSR count). The average molecular weight is 234 g/mol. The maximum atomic E-state index is 8.52. The molecule has 2 N–H and O–H groups in total. The summed E-state index contributed by atoms with van der Waals surface area (Å²) in [6.45, 7) is 6.45. The molecular formula is C8H19NaO6. The van der Waals surface area contributed by atoms with E-state index in [0.29, 0.717) is 12.8 Å². The summed E-state index contributed by atoms with van der Waals surface area (Å²) in [6, 6.07) is 0. The van der Waals surface area contributed by atoms with E-state index in [0.717, 1.165) is 0 Å². The molecule has 6 nitrogen and oxygen atoms in total. The summed E-state index contributed by atoms with van der Waals surface area (Å²) < 4.78 is 0. The van der Waals surface area contributed by atoms with E-state index < -0.39 is 11.6 Å². The molecule has 0 spiro atoms. The van der Waals surface area contributed by atoms with Crippen LogP contribution in [-0.4, -0.2) is 51.6 Å². The van der Waals surface area contributed by atoms with E-state index >= 15 is 0 Å². The fraction of sp³-hybridized carbons (Fsp3) is 1.00. The summed E-state index contributed by atoms with van der Waals surface area (Å²) in [4.78, 5) is 17.8. The fourth-order valence-electron chi connectivity index (χ4n) is 0.454. The van der Waals surface area contributed by atoms with Crippen molar-refractivity contribution in [2.45, 2.75) is 52.1 Å². The van der Waals surface area contributed by atoms with Gasteiger partial charge >= 0.3 is 29.6 Å². The molecule has 0 fully saturated rings. The number of hydrogen-bond acceptors (Lipinski definition) is 6. The van der Waals surface area contributed by atoms with Gasteiger partial charge in [-0.2, -0.15) is 9.78 Å². The molecule has 15 heavy (non-hydrogen) atoms. The molecule has 0 aliphatic rings. The van der Waals surface area contributed by atoms with Crippen molar-refractivity contribution in [2.75, 3.05) is 0 Å². The van der Waals surface area contributed by atoms with Crippen LogP contribution in [0.15, 0.2) is 0 Å². The van der Waals surface area contributed by atoms with E-state index in [-0.39, 0.29) is 29.6 Å². The standard InChI is InChI=1S/C8H18O6.Na.H/c1-5-7(3,11-9)13-14-8(4,6-2)12-10;;/h9-10H,5-6H2,1-4H3;;. The molecule has 0 aliphatic carbocycles. The third-order valence-corrected chi connectivity index (χ3v) is 2.06. The van der Waals surface area contributed by atoms with Gasteiger partial charge in [-0.05, 0) is 13.8 Å². The van der Waals surface area contributed by atoms with E-state index in [9.17, 15) is 0 Å². The van der Waals surface area contributed by atoms with Crippen molar-refractivity contribution in [2.24, 2.45) is 0 Å². The van der Waals surface area contributed by atoms with Crippen LogP contribution < -0.4 is 0 Å². The molecule has 0 amide bonds. The fourth-order valence-corrected chi connectivity index (χ4v) is 0.454. The van der Waals surface area contributed by atoms with Gasteiger partial charge in [-0.25, -0.2) is 20.3 Å². The molecule has 88 valence electrons. The molecule has 0 radical (unpaired) electrons. The summed E-state index contributed by atoms with van der Waals surface area (Å²) in [5, 5.41) is 17.0. The molecule has 2 atom stereocenters. The normalized spacial score (nSPS) is 18.8. The Hall–Kier alpha value is 0.760. The molecule has 0 aromatic rings. The second-order valence-electron chi connectivity index (χ2n) is 3.32. The predicted octanol–water partition coefficient (Wildman–Crippen LogP) is 1.52. The van der Waals surface area contributed by atoms with Crippen LogP contribution in [0.2, 0.25) is 0 Å². The van der Waals surface area contributed by atoms with Crippen LogP contribution in [-0.2, 0) is 19.6 Å². The van der Waals surface area contributed by atoms with Crippen molar-refractivity contribution in [3.05, 3.63) is 0 Å². The van der Waals surface area contributed by atoms with Crippen LogP contribution in [0.5, 0.6) is 0 Å². The van der Waals surface area contributed by atoms with Gasteiger partial charge in [0.15, 0.2) is 0 Å². The van der Waals surface area contributed by atoms with Gasteiger partial charge in [-0.15, -0.1) is 0 Å². The van der Waals surface area contributed by atoms with Gasteiger partial charge in [0.1, 0.15) is 0 Å². The molecule has 0 bridgehead atoms. The zero-order valence-corrected chi connectivity index (χ0v) is 8.94. The van der Waals surface area contributed by atoms with Crippen molar-refractivity contribution < 1.29 is 30.1 Å². The molecule has 0 saturated heterocycles. The summed E-state index contributed by atoms with van der Waals surface area (Å²) >= 11 is 0. The molecule has 0 saturated carbocycles. The third-order valence-electron chi connectivity index (χ3n) is 2.06. The Morgan fingerprint density at radius 1 is 0.867 bits per heavy atom. The summed E-state index contributed by atoms with van der Waals surface area (Å²) in [6.07, 6.45) is 0.740. The summed E-state index contributed by atoms with van der Waals surface area (Å²) in [5.74, 6) is -2.54. The van der Waals surface area contributed by atoms with Crippen molar-refractivity contribution in [1.82, 2.24) is 0 Å². The van der Waals surface area contributed by atoms with E-state index in [4.69, 9.17) is 20.3 Å². The summed E-state index contributed by atoms with van der Waals surface area (Å²) in [7, 11) is 0. The molecule has 7 heteroatoms. The van der Waals surface area contributed by atoms with Crippen molar-refractivity contribution in [1.29, 1.82) is 0 Å². The monoisotopic (exact) mass is 234 g/mol. The second-order valence-corrected chi connectivity index (χ2v) is 3.32. The van der Waals surface area contributed by atoms with Crippen LogP contribution in [0.25, 0.3) is 0 Å². The SMILES string of the molecule is CCC(C)(OO)OOC(C)(CC)OO.[NaH]. The van der Waals surface area contributed by atoms with Crippen molar-refractivity contribution >= 4 is 29.6 Å². The zero-order chi connectivity index (χ0) is 11.2. The van der Waals surface area contributed by atoms with Crippen LogP contribution in [0.3, 0.4) is 0 Å². The number of rotatable bonds is 7. The van der Waals surface area contributed by atoms with Crippen molar-refractivity contribution in [3.8, 4) is 0 Å². The van der Waals surface area contributed by atoms with Crippen LogP contribution in [0.1, 0.15) is 40.5 Å². The first kappa shape index (κ1) is 18.1. The third kappa shape index (κ3) is 6.15. The van der Waals surface area contributed by atoms with Gasteiger partial charge < -0.3 is 0 Å². The Labute approximate surface area is 112 Å².